The van der Waals surface area contributed by atoms with Gasteiger partial charge in [-0.05, 0) is 105 Å². The van der Waals surface area contributed by atoms with Gasteiger partial charge in [-0.25, -0.2) is 0 Å². The van der Waals surface area contributed by atoms with Crippen LogP contribution in [0.1, 0.15) is 157 Å². The number of rotatable bonds is 7. The lowest BCUT2D eigenvalue weighted by Crippen LogP contribution is -2.39. The van der Waals surface area contributed by atoms with Gasteiger partial charge in [-0.15, -0.1) is 0 Å². The summed E-state index contributed by atoms with van der Waals surface area (Å²) in [6, 6.07) is 46.5. The summed E-state index contributed by atoms with van der Waals surface area (Å²) in [5, 5.41) is 0. The molecule has 0 unspecified atom stereocenters. The van der Waals surface area contributed by atoms with E-state index >= 15 is 0 Å². The minimum atomic E-state index is -0.255. The predicted molar refractivity (Wildman–Crippen MR) is 248 cm³/mol. The Morgan fingerprint density at radius 3 is 1.02 bits per heavy atom. The van der Waals surface area contributed by atoms with Crippen LogP contribution in [0.4, 0.5) is 39.8 Å². The molecule has 0 N–H and O–H groups in total. The monoisotopic (exact) mass is 762 g/mol. The van der Waals surface area contributed by atoms with Gasteiger partial charge in [0.25, 0.3) is 0 Å². The molecule has 0 bridgehead atoms. The summed E-state index contributed by atoms with van der Waals surface area (Å²) in [5.41, 5.74) is 20.6. The van der Waals surface area contributed by atoms with E-state index in [9.17, 15) is 0 Å². The SMILES string of the molecule is CC(C)c1cccc(C(C)C)c1N1[C](c2cc3c4c(c2)C(C)(C)c2ccccc2N4c2ccccc2C3(C)C)N(c2c(C(C)C)cccc2C(C)C)c2ccccc21. The van der Waals surface area contributed by atoms with Gasteiger partial charge in [0.05, 0.1) is 39.8 Å². The van der Waals surface area contributed by atoms with E-state index in [-0.39, 0.29) is 10.8 Å². The molecule has 295 valence electrons. The fourth-order valence-corrected chi connectivity index (χ4v) is 10.4. The minimum absolute atomic E-state index is 0.255. The minimum Gasteiger partial charge on any atom is -0.309 e. The van der Waals surface area contributed by atoms with Crippen LogP contribution >= 0.6 is 0 Å². The van der Waals surface area contributed by atoms with Crippen LogP contribution in [-0.2, 0) is 10.8 Å². The van der Waals surface area contributed by atoms with E-state index < -0.39 is 0 Å². The van der Waals surface area contributed by atoms with Gasteiger partial charge in [-0.1, -0.05) is 168 Å². The lowest BCUT2D eigenvalue weighted by atomic mass is 9.65. The van der Waals surface area contributed by atoms with Crippen molar-refractivity contribution in [3.05, 3.63) is 178 Å². The molecule has 0 saturated carbocycles. The van der Waals surface area contributed by atoms with E-state index in [1.165, 1.54) is 96.0 Å². The third kappa shape index (κ3) is 5.45. The Hall–Kier alpha value is -5.28. The molecule has 6 aromatic carbocycles. The van der Waals surface area contributed by atoms with Gasteiger partial charge in [-0.3, -0.25) is 0 Å². The molecule has 3 aliphatic heterocycles. The van der Waals surface area contributed by atoms with Gasteiger partial charge in [0, 0.05) is 16.4 Å². The second kappa shape index (κ2) is 13.7. The Labute approximate surface area is 348 Å². The fourth-order valence-electron chi connectivity index (χ4n) is 10.4. The Bertz CT molecular complexity index is 2340. The van der Waals surface area contributed by atoms with Crippen molar-refractivity contribution in [3.8, 4) is 0 Å². The Morgan fingerprint density at radius 1 is 0.345 bits per heavy atom. The number of fused-ring (bicyclic) bond motifs is 5. The summed E-state index contributed by atoms with van der Waals surface area (Å²) in [7, 11) is 0. The summed E-state index contributed by atoms with van der Waals surface area (Å²) in [4.78, 5) is 7.91. The smallest absolute Gasteiger partial charge is 0.196 e. The van der Waals surface area contributed by atoms with Crippen molar-refractivity contribution in [3.63, 3.8) is 0 Å². The lowest BCUT2D eigenvalue weighted by Gasteiger charge is -2.50. The zero-order valence-electron chi connectivity index (χ0n) is 36.7. The van der Waals surface area contributed by atoms with Crippen molar-refractivity contribution in [2.45, 2.75) is 118 Å². The van der Waals surface area contributed by atoms with Crippen LogP contribution in [0, 0.1) is 6.17 Å². The molecule has 3 heterocycles. The topological polar surface area (TPSA) is 9.72 Å². The Morgan fingerprint density at radius 2 is 0.672 bits per heavy atom. The van der Waals surface area contributed by atoms with Crippen LogP contribution in [0.3, 0.4) is 0 Å². The molecule has 3 nitrogen and oxygen atoms in total. The zero-order valence-corrected chi connectivity index (χ0v) is 36.7. The third-order valence-electron chi connectivity index (χ3n) is 13.5. The second-order valence-corrected chi connectivity index (χ2v) is 19.2. The van der Waals surface area contributed by atoms with Crippen LogP contribution in [0.2, 0.25) is 0 Å². The highest BCUT2D eigenvalue weighted by molar-refractivity contribution is 5.98. The van der Waals surface area contributed by atoms with E-state index in [0.717, 1.165) is 0 Å². The molecule has 0 fully saturated rings. The van der Waals surface area contributed by atoms with Gasteiger partial charge >= 0.3 is 0 Å². The third-order valence-corrected chi connectivity index (χ3v) is 13.5. The maximum atomic E-state index is 2.67. The average Bonchev–Trinajstić information content (AvgIpc) is 3.54. The molecule has 0 amide bonds. The lowest BCUT2D eigenvalue weighted by molar-refractivity contribution is 0.595. The summed E-state index contributed by atoms with van der Waals surface area (Å²) >= 11 is 0. The first-order chi connectivity index (χ1) is 27.7. The maximum Gasteiger partial charge on any atom is 0.196 e. The Kier molecular flexibility index (Phi) is 9.00. The molecule has 0 saturated heterocycles. The van der Waals surface area contributed by atoms with Crippen molar-refractivity contribution in [2.24, 2.45) is 0 Å². The van der Waals surface area contributed by atoms with Crippen LogP contribution in [0.25, 0.3) is 0 Å². The summed E-state index contributed by atoms with van der Waals surface area (Å²) in [6.45, 7) is 28.6. The largest absolute Gasteiger partial charge is 0.309 e. The summed E-state index contributed by atoms with van der Waals surface area (Å²) in [6.07, 6.45) is 1.21. The Balaban J connectivity index is 1.44. The normalized spacial score (nSPS) is 16.3. The van der Waals surface area contributed by atoms with Gasteiger partial charge < -0.3 is 14.7 Å². The first-order valence-corrected chi connectivity index (χ1v) is 21.7. The molecule has 3 aliphatic rings. The van der Waals surface area contributed by atoms with Gasteiger partial charge in [0.1, 0.15) is 0 Å². The standard InChI is InChI=1S/C55H60N3/c1-33(2)38-21-19-22-39(34(3)4)50(38)57-48-29-17-18-30-49(48)58(51-40(35(5)6)23-20-24-41(51)36(7)8)53(57)37-31-44-52-45(32-37)55(11,12)43-26-14-16-28-47(43)56(52)46-27-15-13-25-42(46)54(44,9)10/h13-36H,1-12H3. The number of anilines is 7. The first kappa shape index (κ1) is 38.2. The summed E-state index contributed by atoms with van der Waals surface area (Å²) in [5.74, 6) is 1.31. The average molecular weight is 763 g/mol. The molecule has 0 aliphatic carbocycles. The zero-order chi connectivity index (χ0) is 41.0. The van der Waals surface area contributed by atoms with Crippen LogP contribution < -0.4 is 14.7 Å². The van der Waals surface area contributed by atoms with Crippen LogP contribution in [0.15, 0.2) is 121 Å². The quantitative estimate of drug-likeness (QED) is 0.160. The maximum absolute atomic E-state index is 2.67. The molecular weight excluding hydrogens is 703 g/mol. The highest BCUT2D eigenvalue weighted by Gasteiger charge is 2.49. The number of para-hydroxylation sites is 6. The predicted octanol–water partition coefficient (Wildman–Crippen LogP) is 15.8. The molecule has 6 aromatic rings. The van der Waals surface area contributed by atoms with E-state index in [0.29, 0.717) is 23.7 Å². The molecule has 9 rings (SSSR count). The highest BCUT2D eigenvalue weighted by Crippen LogP contribution is 2.63. The van der Waals surface area contributed by atoms with Crippen LogP contribution in [-0.4, -0.2) is 0 Å². The number of hydrogen-bond donors (Lipinski definition) is 0. The first-order valence-electron chi connectivity index (χ1n) is 21.7. The van der Waals surface area contributed by atoms with Crippen molar-refractivity contribution in [2.75, 3.05) is 14.7 Å². The number of nitrogens with zero attached hydrogens (tertiary/aromatic N) is 3. The number of benzene rings is 6. The molecular formula is C55H60N3. The van der Waals surface area contributed by atoms with Crippen molar-refractivity contribution >= 4 is 39.8 Å². The second-order valence-electron chi connectivity index (χ2n) is 19.2. The molecule has 0 spiro atoms. The molecule has 58 heavy (non-hydrogen) atoms. The van der Waals surface area contributed by atoms with E-state index in [2.05, 4.69) is 219 Å². The number of hydrogen-bond acceptors (Lipinski definition) is 3. The van der Waals surface area contributed by atoms with Crippen molar-refractivity contribution in [1.82, 2.24) is 0 Å². The van der Waals surface area contributed by atoms with Gasteiger partial charge in [0.2, 0.25) is 0 Å². The fraction of sp³-hybridized carbons (Fsp3) is 0.327. The van der Waals surface area contributed by atoms with Crippen molar-refractivity contribution in [1.29, 1.82) is 0 Å². The molecule has 0 atom stereocenters. The molecule has 3 heteroatoms. The van der Waals surface area contributed by atoms with E-state index in [4.69, 9.17) is 0 Å². The van der Waals surface area contributed by atoms with E-state index in [1.807, 2.05) is 0 Å². The molecule has 1 radical (unpaired) electrons. The van der Waals surface area contributed by atoms with Gasteiger partial charge in [0.15, 0.2) is 6.17 Å². The van der Waals surface area contributed by atoms with Gasteiger partial charge in [-0.2, -0.15) is 0 Å². The summed E-state index contributed by atoms with van der Waals surface area (Å²) < 4.78 is 0. The van der Waals surface area contributed by atoms with Crippen LogP contribution in [0.5, 0.6) is 0 Å². The molecule has 0 aromatic heterocycles. The highest BCUT2D eigenvalue weighted by atomic mass is 15.4. The van der Waals surface area contributed by atoms with Crippen molar-refractivity contribution < 1.29 is 0 Å². The van der Waals surface area contributed by atoms with E-state index in [1.54, 1.807) is 0 Å².